The summed E-state index contributed by atoms with van der Waals surface area (Å²) in [7, 11) is 0. The van der Waals surface area contributed by atoms with Crippen LogP contribution in [-0.4, -0.2) is 25.2 Å². The summed E-state index contributed by atoms with van der Waals surface area (Å²) in [6.45, 7) is 4.63. The van der Waals surface area contributed by atoms with E-state index < -0.39 is 0 Å². The molecule has 1 saturated carbocycles. The average Bonchev–Trinajstić information content (AvgIpc) is 3.20. The lowest BCUT2D eigenvalue weighted by atomic mass is 10.1. The Morgan fingerprint density at radius 3 is 2.68 bits per heavy atom. The first-order chi connectivity index (χ1) is 9.33. The maximum absolute atomic E-state index is 3.83. The zero-order chi connectivity index (χ0) is 13.1. The van der Waals surface area contributed by atoms with Crippen LogP contribution >= 0.6 is 0 Å². The van der Waals surface area contributed by atoms with Gasteiger partial charge in [-0.25, -0.2) is 0 Å². The van der Waals surface area contributed by atoms with E-state index in [0.29, 0.717) is 0 Å². The molecule has 0 aromatic heterocycles. The third-order valence-corrected chi connectivity index (χ3v) is 4.36. The Bertz CT molecular complexity index is 432. The quantitative estimate of drug-likeness (QED) is 0.865. The lowest BCUT2D eigenvalue weighted by Crippen LogP contribution is -2.41. The molecule has 0 spiro atoms. The van der Waals surface area contributed by atoms with Gasteiger partial charge in [0.1, 0.15) is 0 Å². The second-order valence-electron chi connectivity index (χ2n) is 5.94. The van der Waals surface area contributed by atoms with E-state index in [1.807, 2.05) is 0 Å². The molecule has 2 heteroatoms. The lowest BCUT2D eigenvalue weighted by molar-refractivity contribution is 0.381. The van der Waals surface area contributed by atoms with Gasteiger partial charge in [0.05, 0.1) is 0 Å². The van der Waals surface area contributed by atoms with Crippen molar-refractivity contribution >= 4 is 6.08 Å². The minimum atomic E-state index is 0.725. The van der Waals surface area contributed by atoms with Crippen LogP contribution in [0.25, 0.3) is 6.08 Å². The van der Waals surface area contributed by atoms with E-state index in [-0.39, 0.29) is 0 Å². The van der Waals surface area contributed by atoms with Crippen LogP contribution in [0.2, 0.25) is 0 Å². The van der Waals surface area contributed by atoms with Crippen LogP contribution in [0.15, 0.2) is 35.9 Å². The maximum Gasteiger partial charge on any atom is 0.0142 e. The molecule has 2 nitrogen and oxygen atoms in total. The summed E-state index contributed by atoms with van der Waals surface area (Å²) in [4.78, 5) is 0. The largest absolute Gasteiger partial charge is 0.317 e. The topological polar surface area (TPSA) is 24.1 Å². The molecule has 2 N–H and O–H groups in total. The Morgan fingerprint density at radius 1 is 1.21 bits per heavy atom. The van der Waals surface area contributed by atoms with Crippen molar-refractivity contribution < 1.29 is 0 Å². The van der Waals surface area contributed by atoms with Crippen LogP contribution < -0.4 is 10.6 Å². The molecular formula is C17H24N2. The number of nitrogens with one attached hydrogen (secondary N) is 2. The van der Waals surface area contributed by atoms with Crippen molar-refractivity contribution in [3.05, 3.63) is 41.5 Å². The first-order valence-corrected chi connectivity index (χ1v) is 7.53. The molecule has 1 saturated heterocycles. The number of hydrogen-bond donors (Lipinski definition) is 2. The molecule has 2 unspecified atom stereocenters. The third kappa shape index (κ3) is 3.46. The summed E-state index contributed by atoms with van der Waals surface area (Å²) in [6.07, 6.45) is 6.23. The summed E-state index contributed by atoms with van der Waals surface area (Å²) in [5.74, 6) is 0.759. The summed E-state index contributed by atoms with van der Waals surface area (Å²) < 4.78 is 0. The van der Waals surface area contributed by atoms with Crippen LogP contribution in [0, 0.1) is 5.92 Å². The van der Waals surface area contributed by atoms with Gasteiger partial charge >= 0.3 is 0 Å². The molecule has 2 fully saturated rings. The van der Waals surface area contributed by atoms with E-state index in [4.69, 9.17) is 0 Å². The highest BCUT2D eigenvalue weighted by molar-refractivity contribution is 5.53. The summed E-state index contributed by atoms with van der Waals surface area (Å²) in [5.41, 5.74) is 2.85. The van der Waals surface area contributed by atoms with Crippen molar-refractivity contribution in [2.45, 2.75) is 38.3 Å². The van der Waals surface area contributed by atoms with Gasteiger partial charge < -0.3 is 10.6 Å². The Kier molecular flexibility index (Phi) is 4.00. The molecule has 2 aliphatic rings. The van der Waals surface area contributed by atoms with Gasteiger partial charge in [-0.2, -0.15) is 0 Å². The Morgan fingerprint density at radius 2 is 1.95 bits per heavy atom. The molecule has 1 heterocycles. The molecule has 1 aliphatic heterocycles. The van der Waals surface area contributed by atoms with Crippen LogP contribution in [0.3, 0.4) is 0 Å². The summed E-state index contributed by atoms with van der Waals surface area (Å²) in [5, 5.41) is 7.25. The molecule has 1 aliphatic carbocycles. The van der Waals surface area contributed by atoms with Crippen molar-refractivity contribution in [2.75, 3.05) is 13.1 Å². The lowest BCUT2D eigenvalue weighted by Gasteiger charge is -2.24. The fraction of sp³-hybridized carbons (Fsp3) is 0.529. The van der Waals surface area contributed by atoms with E-state index in [9.17, 15) is 0 Å². The molecule has 102 valence electrons. The summed E-state index contributed by atoms with van der Waals surface area (Å²) in [6, 6.07) is 12.1. The van der Waals surface area contributed by atoms with Crippen LogP contribution in [0.1, 0.15) is 31.7 Å². The third-order valence-electron chi connectivity index (χ3n) is 4.36. The summed E-state index contributed by atoms with van der Waals surface area (Å²) >= 11 is 0. The molecule has 1 aromatic rings. The second-order valence-corrected chi connectivity index (χ2v) is 5.94. The minimum absolute atomic E-state index is 0.725. The van der Waals surface area contributed by atoms with E-state index in [1.54, 1.807) is 0 Å². The number of benzene rings is 1. The molecule has 3 rings (SSSR count). The highest BCUT2D eigenvalue weighted by atomic mass is 15.0. The number of hydrogen-bond acceptors (Lipinski definition) is 2. The molecule has 0 bridgehead atoms. The normalized spacial score (nSPS) is 28.4. The molecule has 1 aromatic carbocycles. The van der Waals surface area contributed by atoms with Crippen molar-refractivity contribution in [3.8, 4) is 0 Å². The van der Waals surface area contributed by atoms with E-state index >= 15 is 0 Å². The molecule has 0 radical (unpaired) electrons. The smallest absolute Gasteiger partial charge is 0.0142 e. The van der Waals surface area contributed by atoms with Gasteiger partial charge in [0, 0.05) is 12.1 Å². The predicted molar refractivity (Wildman–Crippen MR) is 81.0 cm³/mol. The first-order valence-electron chi connectivity index (χ1n) is 7.53. The minimum Gasteiger partial charge on any atom is -0.317 e. The van der Waals surface area contributed by atoms with Gasteiger partial charge in [-0.1, -0.05) is 42.0 Å². The van der Waals surface area contributed by atoms with Gasteiger partial charge in [0.25, 0.3) is 0 Å². The first kappa shape index (κ1) is 12.9. The van der Waals surface area contributed by atoms with Crippen molar-refractivity contribution in [3.63, 3.8) is 0 Å². The molecular weight excluding hydrogens is 232 g/mol. The Balaban J connectivity index is 1.52. The van der Waals surface area contributed by atoms with Crippen LogP contribution in [0.5, 0.6) is 0 Å². The Hall–Kier alpha value is -1.12. The number of piperidine rings is 1. The fourth-order valence-corrected chi connectivity index (χ4v) is 3.09. The van der Waals surface area contributed by atoms with Crippen molar-refractivity contribution in [1.29, 1.82) is 0 Å². The molecule has 2 atom stereocenters. The van der Waals surface area contributed by atoms with E-state index in [1.165, 1.54) is 43.5 Å². The Labute approximate surface area is 116 Å². The average molecular weight is 256 g/mol. The SMILES string of the molecule is C/C(=C\c1ccccc1)C1CC1NC1CCNCC1. The monoisotopic (exact) mass is 256 g/mol. The standard InChI is InChI=1S/C17H24N2/c1-13(11-14-5-3-2-4-6-14)16-12-17(16)19-15-7-9-18-10-8-15/h2-6,11,15-19H,7-10,12H2,1H3/b13-11+. The zero-order valence-electron chi connectivity index (χ0n) is 11.7. The van der Waals surface area contributed by atoms with Crippen molar-refractivity contribution in [1.82, 2.24) is 10.6 Å². The zero-order valence-corrected chi connectivity index (χ0v) is 11.7. The van der Waals surface area contributed by atoms with Gasteiger partial charge in [-0.05, 0) is 50.8 Å². The highest BCUT2D eigenvalue weighted by Crippen LogP contribution is 2.38. The predicted octanol–water partition coefficient (Wildman–Crippen LogP) is 2.82. The second kappa shape index (κ2) is 5.89. The molecule has 19 heavy (non-hydrogen) atoms. The van der Waals surface area contributed by atoms with Gasteiger partial charge in [0.15, 0.2) is 0 Å². The van der Waals surface area contributed by atoms with E-state index in [2.05, 4.69) is 54.0 Å². The molecule has 0 amide bonds. The van der Waals surface area contributed by atoms with Crippen LogP contribution in [-0.2, 0) is 0 Å². The fourth-order valence-electron chi connectivity index (χ4n) is 3.09. The van der Waals surface area contributed by atoms with Gasteiger partial charge in [-0.3, -0.25) is 0 Å². The van der Waals surface area contributed by atoms with E-state index in [0.717, 1.165) is 18.0 Å². The van der Waals surface area contributed by atoms with Gasteiger partial charge in [-0.15, -0.1) is 0 Å². The van der Waals surface area contributed by atoms with Crippen LogP contribution in [0.4, 0.5) is 0 Å². The number of rotatable bonds is 4. The van der Waals surface area contributed by atoms with Crippen molar-refractivity contribution in [2.24, 2.45) is 5.92 Å². The van der Waals surface area contributed by atoms with Gasteiger partial charge in [0.2, 0.25) is 0 Å². The highest BCUT2D eigenvalue weighted by Gasteiger charge is 2.39. The maximum atomic E-state index is 3.83.